The highest BCUT2D eigenvalue weighted by Gasteiger charge is 2.35. The van der Waals surface area contributed by atoms with Crippen LogP contribution in [0.15, 0.2) is 18.2 Å². The fraction of sp³-hybridized carbons (Fsp3) is 0.579. The fourth-order valence-corrected chi connectivity index (χ4v) is 3.15. The number of carbonyl (C=O) groups excluding carboxylic acids is 2. The Labute approximate surface area is 156 Å². The van der Waals surface area contributed by atoms with Gasteiger partial charge in [-0.25, -0.2) is 0 Å². The molecule has 142 valence electrons. The molecule has 1 fully saturated rings. The largest absolute Gasteiger partial charge is 0.490 e. The molecule has 1 atom stereocenters. The van der Waals surface area contributed by atoms with Gasteiger partial charge < -0.3 is 19.5 Å². The van der Waals surface area contributed by atoms with E-state index in [0.29, 0.717) is 36.1 Å². The van der Waals surface area contributed by atoms with Gasteiger partial charge in [0.15, 0.2) is 5.78 Å². The first-order valence-corrected chi connectivity index (χ1v) is 9.30. The molecular weight excluding hydrogens is 331 g/mol. The number of nitrogens with zero attached hydrogens (tertiary/aromatic N) is 1. The second kappa shape index (κ2) is 9.19. The molecule has 1 saturated heterocycles. The molecule has 26 heavy (non-hydrogen) atoms. The van der Waals surface area contributed by atoms with Crippen LogP contribution < -0.4 is 10.1 Å². The van der Waals surface area contributed by atoms with Crippen LogP contribution in [0, 0.1) is 0 Å². The summed E-state index contributed by atoms with van der Waals surface area (Å²) in [6.45, 7) is 11.0. The lowest BCUT2D eigenvalue weighted by Gasteiger charge is -2.21. The summed E-state index contributed by atoms with van der Waals surface area (Å²) in [7, 11) is 0.0621. The van der Waals surface area contributed by atoms with Crippen LogP contribution in [-0.4, -0.2) is 48.8 Å². The first kappa shape index (κ1) is 20.5. The summed E-state index contributed by atoms with van der Waals surface area (Å²) in [6, 6.07) is 5.57. The monoisotopic (exact) mass is 360 g/mol. The van der Waals surface area contributed by atoms with E-state index in [1.165, 1.54) is 6.92 Å². The molecule has 0 radical (unpaired) electrons. The fourth-order valence-electron chi connectivity index (χ4n) is 3.15. The van der Waals surface area contributed by atoms with Gasteiger partial charge in [0.25, 0.3) is 0 Å². The lowest BCUT2D eigenvalue weighted by Crippen LogP contribution is -2.37. The number of hydrogen-bond acceptors (Lipinski definition) is 5. The standard InChI is InChI=1S/C19H29BN2O4/c1-6-7-19(24)21-15-8-9-18(17(10-15)14(4)23)25-12-16-11-22(13(2)3)20(5)26-16/h8-10,13,16H,6-7,11-12H2,1-5H3,(H,21,24). The van der Waals surface area contributed by atoms with Crippen molar-refractivity contribution in [3.05, 3.63) is 23.8 Å². The number of anilines is 1. The van der Waals surface area contributed by atoms with E-state index in [1.54, 1.807) is 18.2 Å². The van der Waals surface area contributed by atoms with Gasteiger partial charge in [-0.2, -0.15) is 0 Å². The minimum absolute atomic E-state index is 0.0314. The Kier molecular flexibility index (Phi) is 7.23. The summed E-state index contributed by atoms with van der Waals surface area (Å²) < 4.78 is 11.8. The summed E-state index contributed by atoms with van der Waals surface area (Å²) >= 11 is 0. The Balaban J connectivity index is 2.03. The molecule has 1 aliphatic heterocycles. The molecule has 1 heterocycles. The molecule has 1 N–H and O–H groups in total. The number of ether oxygens (including phenoxy) is 1. The van der Waals surface area contributed by atoms with Crippen molar-refractivity contribution in [3.8, 4) is 5.75 Å². The maximum Gasteiger partial charge on any atom is 0.379 e. The van der Waals surface area contributed by atoms with Gasteiger partial charge in [-0.15, -0.1) is 0 Å². The number of benzene rings is 1. The maximum absolute atomic E-state index is 12.0. The van der Waals surface area contributed by atoms with Crippen LogP contribution in [0.2, 0.25) is 6.82 Å². The van der Waals surface area contributed by atoms with Gasteiger partial charge in [0, 0.05) is 18.7 Å². The van der Waals surface area contributed by atoms with Crippen molar-refractivity contribution in [1.29, 1.82) is 0 Å². The number of Topliss-reactive ketones (excluding diaryl/α,β-unsaturated/α-hetero) is 1. The Bertz CT molecular complexity index is 650. The smallest absolute Gasteiger partial charge is 0.379 e. The lowest BCUT2D eigenvalue weighted by atomic mass is 9.84. The molecule has 1 aromatic carbocycles. The Morgan fingerprint density at radius 1 is 1.42 bits per heavy atom. The van der Waals surface area contributed by atoms with Crippen molar-refractivity contribution in [2.75, 3.05) is 18.5 Å². The van der Waals surface area contributed by atoms with E-state index in [-0.39, 0.29) is 24.8 Å². The average Bonchev–Trinajstić information content (AvgIpc) is 2.94. The van der Waals surface area contributed by atoms with Gasteiger partial charge in [-0.1, -0.05) is 20.8 Å². The second-order valence-corrected chi connectivity index (χ2v) is 7.02. The van der Waals surface area contributed by atoms with Crippen LogP contribution in [0.25, 0.3) is 0 Å². The zero-order valence-corrected chi connectivity index (χ0v) is 16.4. The van der Waals surface area contributed by atoms with Crippen molar-refractivity contribution >= 4 is 24.4 Å². The maximum atomic E-state index is 12.0. The van der Waals surface area contributed by atoms with E-state index in [1.807, 2.05) is 13.7 Å². The third kappa shape index (κ3) is 5.32. The molecule has 6 nitrogen and oxygen atoms in total. The highest BCUT2D eigenvalue weighted by molar-refractivity contribution is 6.47. The Morgan fingerprint density at radius 2 is 2.15 bits per heavy atom. The molecule has 1 amide bonds. The van der Waals surface area contributed by atoms with E-state index < -0.39 is 0 Å². The quantitative estimate of drug-likeness (QED) is 0.569. The van der Waals surface area contributed by atoms with Crippen molar-refractivity contribution in [2.24, 2.45) is 0 Å². The average molecular weight is 360 g/mol. The van der Waals surface area contributed by atoms with Crippen LogP contribution in [0.5, 0.6) is 5.75 Å². The zero-order chi connectivity index (χ0) is 19.3. The molecule has 7 heteroatoms. The third-order valence-corrected chi connectivity index (χ3v) is 4.48. The summed E-state index contributed by atoms with van der Waals surface area (Å²) in [6.07, 6.45) is 1.20. The first-order chi connectivity index (χ1) is 12.3. The molecule has 2 rings (SSSR count). The van der Waals surface area contributed by atoms with E-state index in [4.69, 9.17) is 9.39 Å². The van der Waals surface area contributed by atoms with Crippen LogP contribution >= 0.6 is 0 Å². The van der Waals surface area contributed by atoms with Crippen molar-refractivity contribution < 1.29 is 19.0 Å². The van der Waals surface area contributed by atoms with Gasteiger partial charge >= 0.3 is 7.05 Å². The number of hydrogen-bond donors (Lipinski definition) is 1. The normalized spacial score (nSPS) is 17.6. The van der Waals surface area contributed by atoms with Crippen molar-refractivity contribution in [1.82, 2.24) is 4.81 Å². The van der Waals surface area contributed by atoms with Crippen LogP contribution in [0.4, 0.5) is 5.69 Å². The van der Waals surface area contributed by atoms with Crippen molar-refractivity contribution in [2.45, 2.75) is 59.5 Å². The Morgan fingerprint density at radius 3 is 2.73 bits per heavy atom. The zero-order valence-electron chi connectivity index (χ0n) is 16.4. The van der Waals surface area contributed by atoms with E-state index in [0.717, 1.165) is 13.0 Å². The van der Waals surface area contributed by atoms with E-state index >= 15 is 0 Å². The van der Waals surface area contributed by atoms with Gasteiger partial charge in [-0.05, 0) is 44.4 Å². The number of rotatable bonds is 8. The molecule has 0 aliphatic carbocycles. The number of nitrogens with one attached hydrogen (secondary N) is 1. The van der Waals surface area contributed by atoms with Crippen LogP contribution in [-0.2, 0) is 9.45 Å². The van der Waals surface area contributed by atoms with Gasteiger partial charge in [0.05, 0.1) is 11.7 Å². The number of carbonyl (C=O) groups is 2. The number of amides is 1. The Hall–Kier alpha value is -1.86. The molecule has 1 unspecified atom stereocenters. The van der Waals surface area contributed by atoms with Crippen molar-refractivity contribution in [3.63, 3.8) is 0 Å². The molecular formula is C19H29BN2O4. The summed E-state index contributed by atoms with van der Waals surface area (Å²) in [5.41, 5.74) is 1.07. The summed E-state index contributed by atoms with van der Waals surface area (Å²) in [4.78, 5) is 26.0. The van der Waals surface area contributed by atoms with Crippen LogP contribution in [0.1, 0.15) is 50.9 Å². The van der Waals surface area contributed by atoms with E-state index in [2.05, 4.69) is 24.0 Å². The minimum Gasteiger partial charge on any atom is -0.490 e. The number of ketones is 1. The molecule has 0 saturated carbocycles. The van der Waals surface area contributed by atoms with Gasteiger partial charge in [0.1, 0.15) is 12.4 Å². The highest BCUT2D eigenvalue weighted by Crippen LogP contribution is 2.25. The molecule has 1 aromatic rings. The topological polar surface area (TPSA) is 67.9 Å². The van der Waals surface area contributed by atoms with E-state index in [9.17, 15) is 9.59 Å². The predicted molar refractivity (Wildman–Crippen MR) is 104 cm³/mol. The third-order valence-electron chi connectivity index (χ3n) is 4.48. The van der Waals surface area contributed by atoms with Gasteiger partial charge in [-0.3, -0.25) is 9.59 Å². The molecule has 1 aliphatic rings. The highest BCUT2D eigenvalue weighted by atomic mass is 16.5. The van der Waals surface area contributed by atoms with Gasteiger partial charge in [0.2, 0.25) is 5.91 Å². The minimum atomic E-state index is -0.101. The molecule has 0 aromatic heterocycles. The molecule has 0 bridgehead atoms. The van der Waals surface area contributed by atoms with Crippen LogP contribution in [0.3, 0.4) is 0 Å². The summed E-state index contributed by atoms with van der Waals surface area (Å²) in [5.74, 6) is 0.360. The lowest BCUT2D eigenvalue weighted by molar-refractivity contribution is -0.116. The predicted octanol–water partition coefficient (Wildman–Crippen LogP) is 3.23. The molecule has 0 spiro atoms. The summed E-state index contributed by atoms with van der Waals surface area (Å²) in [5, 5.41) is 2.81. The second-order valence-electron chi connectivity index (χ2n) is 7.02. The first-order valence-electron chi connectivity index (χ1n) is 9.30. The SMILES string of the molecule is CCCC(=O)Nc1ccc(OCC2CN(C(C)C)B(C)O2)c(C(C)=O)c1.